The highest BCUT2D eigenvalue weighted by Crippen LogP contribution is 2.38. The van der Waals surface area contributed by atoms with Crippen LogP contribution in [0.1, 0.15) is 11.1 Å². The first kappa shape index (κ1) is 17.3. The van der Waals surface area contributed by atoms with Crippen molar-refractivity contribution in [1.82, 2.24) is 0 Å². The number of rotatable bonds is 7. The highest BCUT2D eigenvalue weighted by molar-refractivity contribution is 5.87. The molecule has 0 bridgehead atoms. The molecule has 2 aromatic carbocycles. The van der Waals surface area contributed by atoms with Gasteiger partial charge >= 0.3 is 0 Å². The molecular weight excluding hydrogens is 306 g/mol. The van der Waals surface area contributed by atoms with Gasteiger partial charge in [0.2, 0.25) is 5.75 Å². The van der Waals surface area contributed by atoms with E-state index in [-0.39, 0.29) is 0 Å². The fourth-order valence-corrected chi connectivity index (χ4v) is 2.16. The van der Waals surface area contributed by atoms with Crippen LogP contribution in [0.4, 0.5) is 5.69 Å². The van der Waals surface area contributed by atoms with E-state index in [2.05, 4.69) is 15.5 Å². The SMILES string of the molecule is CNc1ccc(/C=N/N=C/c2ccc(OC)c(OC)c2OC)cc1. The zero-order valence-corrected chi connectivity index (χ0v) is 14.2. The van der Waals surface area contributed by atoms with Crippen molar-refractivity contribution in [3.63, 3.8) is 0 Å². The number of anilines is 1. The van der Waals surface area contributed by atoms with Crippen molar-refractivity contribution >= 4 is 18.1 Å². The molecule has 0 aromatic heterocycles. The van der Waals surface area contributed by atoms with Crippen LogP contribution >= 0.6 is 0 Å². The number of hydrogen-bond donors (Lipinski definition) is 1. The minimum Gasteiger partial charge on any atom is -0.493 e. The van der Waals surface area contributed by atoms with Crippen molar-refractivity contribution in [2.75, 3.05) is 33.7 Å². The molecule has 0 amide bonds. The zero-order valence-electron chi connectivity index (χ0n) is 14.2. The van der Waals surface area contributed by atoms with E-state index in [1.165, 1.54) is 0 Å². The molecule has 1 N–H and O–H groups in total. The summed E-state index contributed by atoms with van der Waals surface area (Å²) >= 11 is 0. The van der Waals surface area contributed by atoms with E-state index in [0.717, 1.165) is 16.8 Å². The lowest BCUT2D eigenvalue weighted by molar-refractivity contribution is 0.324. The topological polar surface area (TPSA) is 64.4 Å². The Kier molecular flexibility index (Phi) is 6.19. The third kappa shape index (κ3) is 4.04. The maximum atomic E-state index is 5.40. The van der Waals surface area contributed by atoms with Crippen molar-refractivity contribution < 1.29 is 14.2 Å². The molecule has 0 atom stereocenters. The molecule has 6 nitrogen and oxygen atoms in total. The Labute approximate surface area is 141 Å². The quantitative estimate of drug-likeness (QED) is 0.626. The van der Waals surface area contributed by atoms with E-state index in [9.17, 15) is 0 Å². The Bertz CT molecular complexity index is 725. The summed E-state index contributed by atoms with van der Waals surface area (Å²) in [7, 11) is 6.59. The number of methoxy groups -OCH3 is 3. The van der Waals surface area contributed by atoms with Crippen molar-refractivity contribution in [2.24, 2.45) is 10.2 Å². The lowest BCUT2D eigenvalue weighted by Crippen LogP contribution is -1.98. The Hall–Kier alpha value is -3.02. The largest absolute Gasteiger partial charge is 0.493 e. The Balaban J connectivity index is 2.17. The lowest BCUT2D eigenvalue weighted by Gasteiger charge is -2.13. The number of ether oxygens (including phenoxy) is 3. The minimum absolute atomic E-state index is 0.524. The average Bonchev–Trinajstić information content (AvgIpc) is 2.64. The maximum Gasteiger partial charge on any atom is 0.203 e. The normalized spacial score (nSPS) is 11.0. The fourth-order valence-electron chi connectivity index (χ4n) is 2.16. The molecule has 0 heterocycles. The van der Waals surface area contributed by atoms with E-state index < -0.39 is 0 Å². The molecule has 126 valence electrons. The molecule has 2 rings (SSSR count). The van der Waals surface area contributed by atoms with Crippen molar-refractivity contribution in [3.05, 3.63) is 47.5 Å². The summed E-state index contributed by atoms with van der Waals surface area (Å²) < 4.78 is 16.0. The summed E-state index contributed by atoms with van der Waals surface area (Å²) in [4.78, 5) is 0. The van der Waals surface area contributed by atoms with Gasteiger partial charge in [-0.25, -0.2) is 0 Å². The summed E-state index contributed by atoms with van der Waals surface area (Å²) in [5, 5.41) is 11.2. The number of hydrogen-bond acceptors (Lipinski definition) is 6. The molecule has 0 radical (unpaired) electrons. The summed E-state index contributed by atoms with van der Waals surface area (Å²) in [5.74, 6) is 1.67. The smallest absolute Gasteiger partial charge is 0.203 e. The van der Waals surface area contributed by atoms with Gasteiger partial charge in [0.05, 0.1) is 33.8 Å². The van der Waals surface area contributed by atoms with Crippen molar-refractivity contribution in [2.45, 2.75) is 0 Å². The first-order chi connectivity index (χ1) is 11.7. The minimum atomic E-state index is 0.524. The van der Waals surface area contributed by atoms with E-state index in [0.29, 0.717) is 17.2 Å². The van der Waals surface area contributed by atoms with Crippen LogP contribution in [0.15, 0.2) is 46.6 Å². The Morgan fingerprint density at radius 2 is 1.46 bits per heavy atom. The molecule has 0 spiro atoms. The van der Waals surface area contributed by atoms with Gasteiger partial charge in [0.15, 0.2) is 11.5 Å². The fraction of sp³-hybridized carbons (Fsp3) is 0.222. The summed E-state index contributed by atoms with van der Waals surface area (Å²) in [6.45, 7) is 0. The average molecular weight is 327 g/mol. The van der Waals surface area contributed by atoms with Crippen molar-refractivity contribution in [3.8, 4) is 17.2 Å². The second kappa shape index (κ2) is 8.57. The molecular formula is C18H21N3O3. The summed E-state index contributed by atoms with van der Waals surface area (Å²) in [5.41, 5.74) is 2.76. The summed E-state index contributed by atoms with van der Waals surface area (Å²) in [6.07, 6.45) is 3.29. The summed E-state index contributed by atoms with van der Waals surface area (Å²) in [6, 6.07) is 11.5. The van der Waals surface area contributed by atoms with Crippen LogP contribution in [-0.4, -0.2) is 40.8 Å². The van der Waals surface area contributed by atoms with E-state index >= 15 is 0 Å². The molecule has 0 aliphatic heterocycles. The first-order valence-corrected chi connectivity index (χ1v) is 7.36. The molecule has 2 aromatic rings. The van der Waals surface area contributed by atoms with Crippen LogP contribution in [0.3, 0.4) is 0 Å². The first-order valence-electron chi connectivity index (χ1n) is 7.36. The third-order valence-corrected chi connectivity index (χ3v) is 3.40. The number of nitrogens with one attached hydrogen (secondary N) is 1. The van der Waals surface area contributed by atoms with Crippen LogP contribution < -0.4 is 19.5 Å². The second-order valence-electron chi connectivity index (χ2n) is 4.78. The van der Waals surface area contributed by atoms with Gasteiger partial charge < -0.3 is 19.5 Å². The van der Waals surface area contributed by atoms with E-state index in [4.69, 9.17) is 14.2 Å². The molecule has 0 aliphatic rings. The molecule has 0 aliphatic carbocycles. The molecule has 0 saturated heterocycles. The number of benzene rings is 2. The highest BCUT2D eigenvalue weighted by atomic mass is 16.5. The van der Waals surface area contributed by atoms with Crippen LogP contribution in [-0.2, 0) is 0 Å². The van der Waals surface area contributed by atoms with Crippen LogP contribution in [0.5, 0.6) is 17.2 Å². The Morgan fingerprint density at radius 1 is 0.792 bits per heavy atom. The predicted octanol–water partition coefficient (Wildman–Crippen LogP) is 3.21. The second-order valence-corrected chi connectivity index (χ2v) is 4.78. The standard InChI is InChI=1S/C18H21N3O3/c1-19-15-8-5-13(6-9-15)11-20-21-12-14-7-10-16(22-2)18(24-4)17(14)23-3/h5-12,19H,1-4H3/b20-11+,21-12+. The van der Waals surface area contributed by atoms with Crippen LogP contribution in [0.2, 0.25) is 0 Å². The van der Waals surface area contributed by atoms with Gasteiger partial charge in [-0.2, -0.15) is 10.2 Å². The maximum absolute atomic E-state index is 5.40. The Morgan fingerprint density at radius 3 is 2.04 bits per heavy atom. The zero-order chi connectivity index (χ0) is 17.4. The van der Waals surface area contributed by atoms with Gasteiger partial charge in [-0.3, -0.25) is 0 Å². The molecule has 0 saturated carbocycles. The molecule has 0 fully saturated rings. The lowest BCUT2D eigenvalue weighted by atomic mass is 10.2. The van der Waals surface area contributed by atoms with Crippen molar-refractivity contribution in [1.29, 1.82) is 0 Å². The third-order valence-electron chi connectivity index (χ3n) is 3.40. The van der Waals surface area contributed by atoms with Gasteiger partial charge in [0, 0.05) is 18.3 Å². The van der Waals surface area contributed by atoms with E-state index in [1.54, 1.807) is 39.8 Å². The van der Waals surface area contributed by atoms with E-state index in [1.807, 2.05) is 37.4 Å². The highest BCUT2D eigenvalue weighted by Gasteiger charge is 2.14. The number of nitrogens with zero attached hydrogens (tertiary/aromatic N) is 2. The van der Waals surface area contributed by atoms with Crippen LogP contribution in [0, 0.1) is 0 Å². The van der Waals surface area contributed by atoms with Gasteiger partial charge in [0.1, 0.15) is 0 Å². The van der Waals surface area contributed by atoms with Crippen LogP contribution in [0.25, 0.3) is 0 Å². The predicted molar refractivity (Wildman–Crippen MR) is 97.3 cm³/mol. The molecule has 24 heavy (non-hydrogen) atoms. The monoisotopic (exact) mass is 327 g/mol. The molecule has 0 unspecified atom stereocenters. The van der Waals surface area contributed by atoms with Gasteiger partial charge in [-0.1, -0.05) is 12.1 Å². The van der Waals surface area contributed by atoms with Gasteiger partial charge in [-0.15, -0.1) is 0 Å². The molecule has 6 heteroatoms. The van der Waals surface area contributed by atoms with Gasteiger partial charge in [0.25, 0.3) is 0 Å². The van der Waals surface area contributed by atoms with Gasteiger partial charge in [-0.05, 0) is 29.8 Å².